The molecule has 1 heterocycles. The number of carbonyl (C=O) groups excluding carboxylic acids is 1. The van der Waals surface area contributed by atoms with Gasteiger partial charge in [0.15, 0.2) is 6.61 Å². The molecule has 0 saturated heterocycles. The van der Waals surface area contributed by atoms with E-state index in [-0.39, 0.29) is 23.4 Å². The number of anilines is 2. The zero-order valence-corrected chi connectivity index (χ0v) is 20.5. The molecular formula is C22H23BrN4O4S. The maximum atomic E-state index is 12.6. The van der Waals surface area contributed by atoms with Crippen LogP contribution in [0.25, 0.3) is 0 Å². The molecule has 1 aromatic heterocycles. The number of ether oxygens (including phenoxy) is 1. The van der Waals surface area contributed by atoms with Crippen LogP contribution < -0.4 is 14.8 Å². The third-order valence-electron chi connectivity index (χ3n) is 4.43. The third kappa shape index (κ3) is 6.04. The number of carbonyl (C=O) groups is 1. The molecule has 0 unspecified atom stereocenters. The summed E-state index contributed by atoms with van der Waals surface area (Å²) in [4.78, 5) is 20.5. The molecule has 168 valence electrons. The second-order valence-corrected chi connectivity index (χ2v) is 9.91. The highest BCUT2D eigenvalue weighted by Crippen LogP contribution is 2.27. The fourth-order valence-electron chi connectivity index (χ4n) is 3.13. The molecule has 0 aliphatic carbocycles. The van der Waals surface area contributed by atoms with E-state index in [0.29, 0.717) is 22.8 Å². The van der Waals surface area contributed by atoms with E-state index in [1.807, 2.05) is 26.0 Å². The molecule has 32 heavy (non-hydrogen) atoms. The van der Waals surface area contributed by atoms with Crippen molar-refractivity contribution >= 4 is 43.5 Å². The molecular weight excluding hydrogens is 496 g/mol. The predicted molar refractivity (Wildman–Crippen MR) is 126 cm³/mol. The van der Waals surface area contributed by atoms with E-state index in [0.717, 1.165) is 15.6 Å². The van der Waals surface area contributed by atoms with Gasteiger partial charge in [-0.3, -0.25) is 4.79 Å². The summed E-state index contributed by atoms with van der Waals surface area (Å²) in [6, 6.07) is 11.4. The minimum atomic E-state index is -3.87. The SMILES string of the molecule is Cc1cc(C)nc(NS(=O)(=O)c2ccc(NC(=O)COc3c(C)cc(Br)cc3C)cc2)n1. The second kappa shape index (κ2) is 9.66. The van der Waals surface area contributed by atoms with E-state index in [1.54, 1.807) is 19.9 Å². The standard InChI is InChI=1S/C22H23BrN4O4S/c1-13-9-17(23)10-14(2)21(13)31-12-20(28)26-18-5-7-19(8-6-18)32(29,30)27-22-24-15(3)11-16(4)25-22/h5-11H,12H2,1-4H3,(H,26,28)(H,24,25,27). The third-order valence-corrected chi connectivity index (χ3v) is 6.23. The van der Waals surface area contributed by atoms with Gasteiger partial charge in [0.25, 0.3) is 15.9 Å². The van der Waals surface area contributed by atoms with Crippen LogP contribution in [0.3, 0.4) is 0 Å². The monoisotopic (exact) mass is 518 g/mol. The average molecular weight is 519 g/mol. The van der Waals surface area contributed by atoms with Crippen LogP contribution in [0.4, 0.5) is 11.6 Å². The van der Waals surface area contributed by atoms with Crippen molar-refractivity contribution in [1.29, 1.82) is 0 Å². The molecule has 2 aromatic carbocycles. The largest absolute Gasteiger partial charge is 0.483 e. The Morgan fingerprint density at radius 2 is 1.53 bits per heavy atom. The van der Waals surface area contributed by atoms with Crippen LogP contribution in [0.2, 0.25) is 0 Å². The van der Waals surface area contributed by atoms with Crippen molar-refractivity contribution in [3.8, 4) is 5.75 Å². The highest BCUT2D eigenvalue weighted by atomic mass is 79.9. The van der Waals surface area contributed by atoms with Crippen LogP contribution in [-0.4, -0.2) is 30.9 Å². The number of nitrogens with one attached hydrogen (secondary N) is 2. The van der Waals surface area contributed by atoms with Gasteiger partial charge in [-0.25, -0.2) is 23.1 Å². The number of nitrogens with zero attached hydrogens (tertiary/aromatic N) is 2. The molecule has 0 bridgehead atoms. The molecule has 0 aliphatic heterocycles. The van der Waals surface area contributed by atoms with Crippen LogP contribution >= 0.6 is 15.9 Å². The van der Waals surface area contributed by atoms with Gasteiger partial charge >= 0.3 is 0 Å². The van der Waals surface area contributed by atoms with Gasteiger partial charge < -0.3 is 10.1 Å². The average Bonchev–Trinajstić information content (AvgIpc) is 2.66. The number of hydrogen-bond donors (Lipinski definition) is 2. The lowest BCUT2D eigenvalue weighted by Crippen LogP contribution is -2.21. The summed E-state index contributed by atoms with van der Waals surface area (Å²) in [5.41, 5.74) is 3.59. The zero-order chi connectivity index (χ0) is 23.5. The van der Waals surface area contributed by atoms with Crippen LogP contribution in [0.5, 0.6) is 5.75 Å². The Balaban J connectivity index is 1.63. The molecule has 10 heteroatoms. The van der Waals surface area contributed by atoms with Crippen molar-refractivity contribution in [3.05, 3.63) is 69.5 Å². The summed E-state index contributed by atoms with van der Waals surface area (Å²) in [5.74, 6) is 0.309. The van der Waals surface area contributed by atoms with E-state index < -0.39 is 10.0 Å². The van der Waals surface area contributed by atoms with Gasteiger partial charge in [0.1, 0.15) is 5.75 Å². The van der Waals surface area contributed by atoms with Crippen LogP contribution in [-0.2, 0) is 14.8 Å². The van der Waals surface area contributed by atoms with E-state index in [2.05, 4.69) is 35.9 Å². The summed E-state index contributed by atoms with van der Waals surface area (Å²) in [7, 11) is -3.87. The second-order valence-electron chi connectivity index (χ2n) is 7.31. The maximum Gasteiger partial charge on any atom is 0.264 e. The van der Waals surface area contributed by atoms with Gasteiger partial charge in [0.2, 0.25) is 5.95 Å². The number of amides is 1. The molecule has 0 fully saturated rings. The number of aryl methyl sites for hydroxylation is 4. The summed E-state index contributed by atoms with van der Waals surface area (Å²) >= 11 is 3.43. The van der Waals surface area contributed by atoms with Gasteiger partial charge in [0.05, 0.1) is 4.90 Å². The molecule has 0 radical (unpaired) electrons. The minimum absolute atomic E-state index is 0.00977. The molecule has 0 spiro atoms. The van der Waals surface area contributed by atoms with E-state index in [1.165, 1.54) is 24.3 Å². The van der Waals surface area contributed by atoms with Crippen molar-refractivity contribution in [1.82, 2.24) is 9.97 Å². The maximum absolute atomic E-state index is 12.6. The summed E-state index contributed by atoms with van der Waals surface area (Å²) in [6.45, 7) is 7.15. The highest BCUT2D eigenvalue weighted by molar-refractivity contribution is 9.10. The molecule has 1 amide bonds. The van der Waals surface area contributed by atoms with Crippen molar-refractivity contribution in [2.75, 3.05) is 16.6 Å². The molecule has 3 rings (SSSR count). The quantitative estimate of drug-likeness (QED) is 0.482. The zero-order valence-electron chi connectivity index (χ0n) is 18.1. The number of halogens is 1. The minimum Gasteiger partial charge on any atom is -0.483 e. The van der Waals surface area contributed by atoms with Crippen molar-refractivity contribution in [2.24, 2.45) is 0 Å². The van der Waals surface area contributed by atoms with E-state index >= 15 is 0 Å². The predicted octanol–water partition coefficient (Wildman–Crippen LogP) is 4.29. The molecule has 2 N–H and O–H groups in total. The molecule has 3 aromatic rings. The first kappa shape index (κ1) is 23.7. The number of hydrogen-bond acceptors (Lipinski definition) is 6. The fourth-order valence-corrected chi connectivity index (χ4v) is 4.76. The van der Waals surface area contributed by atoms with Crippen molar-refractivity contribution in [3.63, 3.8) is 0 Å². The number of benzene rings is 2. The van der Waals surface area contributed by atoms with E-state index in [4.69, 9.17) is 4.74 Å². The molecule has 8 nitrogen and oxygen atoms in total. The fraction of sp³-hybridized carbons (Fsp3) is 0.227. The summed E-state index contributed by atoms with van der Waals surface area (Å²) < 4.78 is 34.2. The molecule has 0 saturated carbocycles. The normalized spacial score (nSPS) is 11.2. The van der Waals surface area contributed by atoms with Crippen molar-refractivity contribution < 1.29 is 17.9 Å². The van der Waals surface area contributed by atoms with Gasteiger partial charge in [0, 0.05) is 21.5 Å². The van der Waals surface area contributed by atoms with Crippen LogP contribution in [0.15, 0.2) is 51.8 Å². The van der Waals surface area contributed by atoms with E-state index in [9.17, 15) is 13.2 Å². The topological polar surface area (TPSA) is 110 Å². The first-order chi connectivity index (χ1) is 15.0. The first-order valence-electron chi connectivity index (χ1n) is 9.68. The van der Waals surface area contributed by atoms with Gasteiger partial charge in [-0.2, -0.15) is 0 Å². The van der Waals surface area contributed by atoms with Crippen LogP contribution in [0.1, 0.15) is 22.5 Å². The Morgan fingerprint density at radius 1 is 0.969 bits per heavy atom. The molecule has 0 aliphatic rings. The lowest BCUT2D eigenvalue weighted by molar-refractivity contribution is -0.118. The molecule has 0 atom stereocenters. The Kier molecular flexibility index (Phi) is 7.15. The first-order valence-corrected chi connectivity index (χ1v) is 12.0. The lowest BCUT2D eigenvalue weighted by atomic mass is 10.1. The Labute approximate surface area is 195 Å². The summed E-state index contributed by atoms with van der Waals surface area (Å²) in [5, 5.41) is 2.69. The van der Waals surface area contributed by atoms with Crippen molar-refractivity contribution in [2.45, 2.75) is 32.6 Å². The van der Waals surface area contributed by atoms with Crippen LogP contribution in [0, 0.1) is 27.7 Å². The lowest BCUT2D eigenvalue weighted by Gasteiger charge is -2.13. The summed E-state index contributed by atoms with van der Waals surface area (Å²) in [6.07, 6.45) is 0. The number of rotatable bonds is 7. The van der Waals surface area contributed by atoms with Gasteiger partial charge in [-0.15, -0.1) is 0 Å². The highest BCUT2D eigenvalue weighted by Gasteiger charge is 2.16. The Morgan fingerprint density at radius 3 is 2.09 bits per heavy atom. The van der Waals surface area contributed by atoms with Gasteiger partial charge in [-0.1, -0.05) is 15.9 Å². The smallest absolute Gasteiger partial charge is 0.264 e. The number of sulfonamides is 1. The van der Waals surface area contributed by atoms with Gasteiger partial charge in [-0.05, 0) is 81.3 Å². The Bertz CT molecular complexity index is 1220. The number of aromatic nitrogens is 2. The Hall–Kier alpha value is -2.98.